The van der Waals surface area contributed by atoms with Gasteiger partial charge in [0.25, 0.3) is 0 Å². The number of methoxy groups -OCH3 is 1. The molecule has 2 saturated heterocycles. The maximum Gasteiger partial charge on any atom is 0.225 e. The van der Waals surface area contributed by atoms with Crippen LogP contribution in [0.2, 0.25) is 0 Å². The minimum absolute atomic E-state index is 0.00967. The Labute approximate surface area is 137 Å². The van der Waals surface area contributed by atoms with Crippen LogP contribution < -0.4 is 10.1 Å². The fraction of sp³-hybridized carbons (Fsp3) is 0.611. The third kappa shape index (κ3) is 3.51. The first-order chi connectivity index (χ1) is 11.2. The molecule has 5 nitrogen and oxygen atoms in total. The number of hydrogen-bond acceptors (Lipinski definition) is 4. The zero-order chi connectivity index (χ0) is 16.1. The van der Waals surface area contributed by atoms with E-state index in [4.69, 9.17) is 14.2 Å². The molecular weight excluding hydrogens is 294 g/mol. The minimum atomic E-state index is -0.125. The number of benzene rings is 1. The van der Waals surface area contributed by atoms with E-state index in [1.807, 2.05) is 18.2 Å². The molecule has 2 aliphatic heterocycles. The van der Waals surface area contributed by atoms with Gasteiger partial charge < -0.3 is 19.5 Å². The fourth-order valence-electron chi connectivity index (χ4n) is 3.53. The Kier molecular flexibility index (Phi) is 5.18. The van der Waals surface area contributed by atoms with E-state index < -0.39 is 0 Å². The van der Waals surface area contributed by atoms with E-state index in [0.717, 1.165) is 30.6 Å². The Hall–Kier alpha value is -1.59. The number of para-hydroxylation sites is 1. The largest absolute Gasteiger partial charge is 0.496 e. The first-order valence-corrected chi connectivity index (χ1v) is 8.32. The zero-order valence-corrected chi connectivity index (χ0v) is 13.7. The van der Waals surface area contributed by atoms with Crippen LogP contribution in [0, 0.1) is 5.92 Å². The molecule has 0 spiro atoms. The summed E-state index contributed by atoms with van der Waals surface area (Å²) in [5.41, 5.74) is 1.04. The average molecular weight is 319 g/mol. The van der Waals surface area contributed by atoms with Gasteiger partial charge in [-0.05, 0) is 25.3 Å². The quantitative estimate of drug-likeness (QED) is 0.900. The molecule has 126 valence electrons. The van der Waals surface area contributed by atoms with Crippen LogP contribution >= 0.6 is 0 Å². The van der Waals surface area contributed by atoms with Gasteiger partial charge in [0, 0.05) is 37.3 Å². The van der Waals surface area contributed by atoms with Gasteiger partial charge in [-0.2, -0.15) is 0 Å². The summed E-state index contributed by atoms with van der Waals surface area (Å²) in [5, 5.41) is 3.15. The van der Waals surface area contributed by atoms with E-state index >= 15 is 0 Å². The summed E-state index contributed by atoms with van der Waals surface area (Å²) < 4.78 is 16.4. The van der Waals surface area contributed by atoms with Crippen molar-refractivity contribution in [2.24, 2.45) is 5.92 Å². The number of carbonyl (C=O) groups is 1. The van der Waals surface area contributed by atoms with Gasteiger partial charge >= 0.3 is 0 Å². The van der Waals surface area contributed by atoms with Crippen molar-refractivity contribution in [3.63, 3.8) is 0 Å². The second-order valence-electron chi connectivity index (χ2n) is 6.37. The monoisotopic (exact) mass is 319 g/mol. The second-order valence-corrected chi connectivity index (χ2v) is 6.37. The summed E-state index contributed by atoms with van der Waals surface area (Å²) in [6.07, 6.45) is 2.58. The summed E-state index contributed by atoms with van der Waals surface area (Å²) in [4.78, 5) is 12.4. The lowest BCUT2D eigenvalue weighted by molar-refractivity contribution is -0.125. The van der Waals surface area contributed by atoms with Crippen LogP contribution in [0.5, 0.6) is 5.75 Å². The van der Waals surface area contributed by atoms with Crippen molar-refractivity contribution in [3.8, 4) is 5.75 Å². The van der Waals surface area contributed by atoms with Gasteiger partial charge in [0.1, 0.15) is 5.75 Å². The maximum absolute atomic E-state index is 12.4. The molecule has 1 amide bonds. The number of hydrogen-bond donors (Lipinski definition) is 1. The minimum Gasteiger partial charge on any atom is -0.496 e. The SMILES string of the molecule is COc1ccccc1C1(CNC(=O)[C@H]2CCOC2)CCOCC1. The Balaban J connectivity index is 1.77. The van der Waals surface area contributed by atoms with Gasteiger partial charge in [0.2, 0.25) is 5.91 Å². The van der Waals surface area contributed by atoms with Gasteiger partial charge in [0.05, 0.1) is 19.6 Å². The highest BCUT2D eigenvalue weighted by molar-refractivity contribution is 5.79. The van der Waals surface area contributed by atoms with Crippen molar-refractivity contribution in [1.82, 2.24) is 5.32 Å². The number of rotatable bonds is 5. The summed E-state index contributed by atoms with van der Waals surface area (Å²) >= 11 is 0. The van der Waals surface area contributed by atoms with Crippen molar-refractivity contribution < 1.29 is 19.0 Å². The number of carbonyl (C=O) groups excluding carboxylic acids is 1. The highest BCUT2D eigenvalue weighted by Crippen LogP contribution is 2.39. The van der Waals surface area contributed by atoms with E-state index in [-0.39, 0.29) is 17.2 Å². The van der Waals surface area contributed by atoms with Crippen molar-refractivity contribution in [3.05, 3.63) is 29.8 Å². The average Bonchev–Trinajstić information content (AvgIpc) is 3.15. The molecule has 5 heteroatoms. The molecule has 0 bridgehead atoms. The van der Waals surface area contributed by atoms with Crippen LogP contribution in [0.4, 0.5) is 0 Å². The Morgan fingerprint density at radius 1 is 1.26 bits per heavy atom. The van der Waals surface area contributed by atoms with Crippen molar-refractivity contribution in [1.29, 1.82) is 0 Å². The summed E-state index contributed by atoms with van der Waals surface area (Å²) in [6, 6.07) is 8.10. The molecule has 0 unspecified atom stereocenters. The number of nitrogens with one attached hydrogen (secondary N) is 1. The van der Waals surface area contributed by atoms with E-state index in [2.05, 4.69) is 11.4 Å². The molecule has 1 aromatic carbocycles. The predicted molar refractivity (Wildman–Crippen MR) is 86.7 cm³/mol. The molecule has 23 heavy (non-hydrogen) atoms. The number of amides is 1. The highest BCUT2D eigenvalue weighted by atomic mass is 16.5. The molecule has 1 atom stereocenters. The van der Waals surface area contributed by atoms with Gasteiger partial charge in [-0.1, -0.05) is 18.2 Å². The van der Waals surface area contributed by atoms with E-state index in [1.165, 1.54) is 0 Å². The zero-order valence-electron chi connectivity index (χ0n) is 13.7. The second kappa shape index (κ2) is 7.32. The first-order valence-electron chi connectivity index (χ1n) is 8.32. The predicted octanol–water partition coefficient (Wildman–Crippen LogP) is 1.90. The molecule has 0 aliphatic carbocycles. The number of ether oxygens (including phenoxy) is 3. The molecule has 2 fully saturated rings. The van der Waals surface area contributed by atoms with Crippen molar-refractivity contribution in [2.75, 3.05) is 40.1 Å². The van der Waals surface area contributed by atoms with Gasteiger partial charge in [0.15, 0.2) is 0 Å². The van der Waals surface area contributed by atoms with Crippen LogP contribution in [-0.2, 0) is 19.7 Å². The fourth-order valence-corrected chi connectivity index (χ4v) is 3.53. The highest BCUT2D eigenvalue weighted by Gasteiger charge is 2.37. The van der Waals surface area contributed by atoms with E-state index in [1.54, 1.807) is 7.11 Å². The van der Waals surface area contributed by atoms with Crippen LogP contribution in [0.3, 0.4) is 0 Å². The normalized spacial score (nSPS) is 23.4. The summed E-state index contributed by atoms with van der Waals surface area (Å²) in [7, 11) is 1.69. The van der Waals surface area contributed by atoms with Crippen LogP contribution in [-0.4, -0.2) is 46.0 Å². The molecule has 0 saturated carbocycles. The smallest absolute Gasteiger partial charge is 0.225 e. The Bertz CT molecular complexity index is 534. The van der Waals surface area contributed by atoms with Gasteiger partial charge in [-0.3, -0.25) is 4.79 Å². The molecule has 0 radical (unpaired) electrons. The molecule has 1 N–H and O–H groups in total. The van der Waals surface area contributed by atoms with E-state index in [9.17, 15) is 4.79 Å². The molecular formula is C18H25NO4. The van der Waals surface area contributed by atoms with Crippen LogP contribution in [0.25, 0.3) is 0 Å². The molecule has 2 heterocycles. The lowest BCUT2D eigenvalue weighted by Gasteiger charge is -2.38. The molecule has 0 aromatic heterocycles. The van der Waals surface area contributed by atoms with Gasteiger partial charge in [-0.15, -0.1) is 0 Å². The van der Waals surface area contributed by atoms with Crippen LogP contribution in [0.15, 0.2) is 24.3 Å². The van der Waals surface area contributed by atoms with Crippen molar-refractivity contribution >= 4 is 5.91 Å². The Morgan fingerprint density at radius 3 is 2.74 bits per heavy atom. The van der Waals surface area contributed by atoms with E-state index in [0.29, 0.717) is 33.0 Å². The van der Waals surface area contributed by atoms with Crippen molar-refractivity contribution in [2.45, 2.75) is 24.7 Å². The van der Waals surface area contributed by atoms with Crippen LogP contribution in [0.1, 0.15) is 24.8 Å². The van der Waals surface area contributed by atoms with Gasteiger partial charge in [-0.25, -0.2) is 0 Å². The molecule has 2 aliphatic rings. The third-order valence-corrected chi connectivity index (χ3v) is 5.03. The lowest BCUT2D eigenvalue weighted by atomic mass is 9.73. The first kappa shape index (κ1) is 16.3. The maximum atomic E-state index is 12.4. The summed E-state index contributed by atoms with van der Waals surface area (Å²) in [5.74, 6) is 0.973. The molecule has 3 rings (SSSR count). The third-order valence-electron chi connectivity index (χ3n) is 5.03. The topological polar surface area (TPSA) is 56.8 Å². The summed E-state index contributed by atoms with van der Waals surface area (Å²) in [6.45, 7) is 3.26. The lowest BCUT2D eigenvalue weighted by Crippen LogP contribution is -2.46. The standard InChI is InChI=1S/C18H25NO4/c1-21-16-5-3-2-4-15(16)18(7-10-22-11-8-18)13-19-17(20)14-6-9-23-12-14/h2-5,14H,6-13H2,1H3,(H,19,20)/t14-/m0/s1. The Morgan fingerprint density at radius 2 is 2.04 bits per heavy atom. The molecule has 1 aromatic rings.